The predicted molar refractivity (Wildman–Crippen MR) is 116 cm³/mol. The van der Waals surface area contributed by atoms with Crippen molar-refractivity contribution in [2.75, 3.05) is 6.61 Å². The van der Waals surface area contributed by atoms with Gasteiger partial charge in [0.05, 0.1) is 6.61 Å². The van der Waals surface area contributed by atoms with Crippen molar-refractivity contribution in [2.24, 2.45) is 5.92 Å². The molecule has 0 radical (unpaired) electrons. The summed E-state index contributed by atoms with van der Waals surface area (Å²) in [6.07, 6.45) is 16.4. The van der Waals surface area contributed by atoms with Crippen molar-refractivity contribution in [1.82, 2.24) is 0 Å². The van der Waals surface area contributed by atoms with Crippen molar-refractivity contribution in [2.45, 2.75) is 117 Å². The Bertz CT molecular complexity index is 365. The normalized spacial score (nSPS) is 12.9. The molecule has 0 aliphatic heterocycles. The molecule has 0 saturated carbocycles. The van der Waals surface area contributed by atoms with Crippen LogP contribution in [0.1, 0.15) is 111 Å². The quantitative estimate of drug-likeness (QED) is 0.0623. The number of hydrogen-bond acceptors (Lipinski definition) is 4. The molecule has 0 saturated heterocycles. The Morgan fingerprint density at radius 3 is 1.61 bits per heavy atom. The van der Waals surface area contributed by atoms with Crippen LogP contribution in [0.4, 0.5) is 0 Å². The van der Waals surface area contributed by atoms with E-state index in [9.17, 15) is 4.57 Å². The Balaban J connectivity index is 0. The molecule has 0 fully saturated rings. The first-order valence-electron chi connectivity index (χ1n) is 10.9. The van der Waals surface area contributed by atoms with E-state index < -0.39 is 14.1 Å². The number of ether oxygens (including phenoxy) is 1. The van der Waals surface area contributed by atoms with Gasteiger partial charge < -0.3 is 14.5 Å². The van der Waals surface area contributed by atoms with Gasteiger partial charge in [0.2, 0.25) is 0 Å². The molecule has 8 heteroatoms. The molecule has 0 aromatic heterocycles. The van der Waals surface area contributed by atoms with Crippen LogP contribution in [0, 0.1) is 5.92 Å². The van der Waals surface area contributed by atoms with Crippen molar-refractivity contribution in [3.63, 3.8) is 0 Å². The van der Waals surface area contributed by atoms with E-state index in [2.05, 4.69) is 11.6 Å². The summed E-state index contributed by atoms with van der Waals surface area (Å²) in [4.78, 5) is 22.3. The summed E-state index contributed by atoms with van der Waals surface area (Å²) in [7, 11) is -4.64. The average molecular weight is 435 g/mol. The van der Waals surface area contributed by atoms with Crippen molar-refractivity contribution >= 4 is 37.4 Å². The molecule has 0 rings (SSSR count). The number of unbranched alkanes of at least 4 members (excludes halogenated alkanes) is 12. The molecule has 28 heavy (non-hydrogen) atoms. The van der Waals surface area contributed by atoms with E-state index in [1.54, 1.807) is 0 Å². The molecule has 1 atom stereocenters. The molecule has 6 nitrogen and oxygen atoms in total. The van der Waals surface area contributed by atoms with E-state index in [0.29, 0.717) is 18.9 Å². The van der Waals surface area contributed by atoms with Crippen LogP contribution in [-0.4, -0.2) is 52.2 Å². The van der Waals surface area contributed by atoms with Gasteiger partial charge >= 0.3 is 37.4 Å². The minimum absolute atomic E-state index is 0. The van der Waals surface area contributed by atoms with Gasteiger partial charge in [-0.1, -0.05) is 97.8 Å². The summed E-state index contributed by atoms with van der Waals surface area (Å²) in [6, 6.07) is 0. The Labute approximate surface area is 194 Å². The van der Waals surface area contributed by atoms with E-state index in [1.807, 2.05) is 13.8 Å². The molecule has 166 valence electrons. The van der Waals surface area contributed by atoms with E-state index >= 15 is 0 Å². The van der Waals surface area contributed by atoms with Crippen LogP contribution >= 0.6 is 7.82 Å². The van der Waals surface area contributed by atoms with Gasteiger partial charge in [0.25, 0.3) is 0 Å². The van der Waals surface area contributed by atoms with Gasteiger partial charge in [0, 0.05) is 6.42 Å². The molecular weight excluding hydrogens is 390 g/mol. The van der Waals surface area contributed by atoms with Crippen LogP contribution in [0.2, 0.25) is 0 Å². The molecule has 0 bridgehead atoms. The number of phosphoric acid groups is 1. The Morgan fingerprint density at radius 1 is 0.786 bits per heavy atom. The van der Waals surface area contributed by atoms with Gasteiger partial charge in [-0.2, -0.15) is 4.89 Å². The Kier molecular flexibility index (Phi) is 23.7. The molecular formula is C20H44NaO6P. The standard InChI is InChI=1S/C20H43O6P.Na.H/c1-4-5-6-7-8-9-10-11-12-13-14-15-16-17-20(24-18-19(2)3)25-26-27(21,22)23;;/h19-20H,4-18H2,1-3H3,(H2,21,22,23);;. The molecule has 1 unspecified atom stereocenters. The fourth-order valence-electron chi connectivity index (χ4n) is 2.89. The SMILES string of the molecule is CCCCCCCCCCCCCCCC(OCC(C)C)OOP(=O)(O)O.[NaH]. The maximum absolute atomic E-state index is 10.8. The first-order chi connectivity index (χ1) is 12.8. The molecule has 2 N–H and O–H groups in total. The van der Waals surface area contributed by atoms with Crippen LogP contribution in [0.25, 0.3) is 0 Å². The monoisotopic (exact) mass is 434 g/mol. The molecule has 0 aliphatic rings. The third-order valence-electron chi connectivity index (χ3n) is 4.41. The van der Waals surface area contributed by atoms with Crippen LogP contribution in [0.5, 0.6) is 0 Å². The fourth-order valence-corrected chi connectivity index (χ4v) is 3.10. The fraction of sp³-hybridized carbons (Fsp3) is 1.00. The van der Waals surface area contributed by atoms with Gasteiger partial charge in [-0.25, -0.2) is 4.57 Å². The predicted octanol–water partition coefficient (Wildman–Crippen LogP) is 5.86. The first-order valence-corrected chi connectivity index (χ1v) is 12.4. The van der Waals surface area contributed by atoms with Crippen molar-refractivity contribution < 1.29 is 28.7 Å². The topological polar surface area (TPSA) is 85.2 Å². The van der Waals surface area contributed by atoms with Crippen LogP contribution in [0.15, 0.2) is 0 Å². The maximum atomic E-state index is 10.8. The summed E-state index contributed by atoms with van der Waals surface area (Å²) in [5, 5.41) is 0. The second-order valence-electron chi connectivity index (χ2n) is 7.85. The first kappa shape index (κ1) is 31.2. The summed E-state index contributed by atoms with van der Waals surface area (Å²) >= 11 is 0. The molecule has 0 aromatic rings. The van der Waals surface area contributed by atoms with E-state index in [4.69, 9.17) is 19.4 Å². The zero-order chi connectivity index (χ0) is 20.4. The molecule has 0 spiro atoms. The van der Waals surface area contributed by atoms with Crippen molar-refractivity contribution in [3.05, 3.63) is 0 Å². The van der Waals surface area contributed by atoms with E-state index in [-0.39, 0.29) is 29.6 Å². The Hall–Kier alpha value is 1.03. The molecule has 0 aromatic carbocycles. The van der Waals surface area contributed by atoms with Crippen molar-refractivity contribution in [3.8, 4) is 0 Å². The second kappa shape index (κ2) is 21.3. The summed E-state index contributed by atoms with van der Waals surface area (Å²) in [6.45, 7) is 6.73. The molecule has 0 amide bonds. The molecule has 0 heterocycles. The molecule has 0 aliphatic carbocycles. The number of hydrogen-bond donors (Lipinski definition) is 2. The van der Waals surface area contributed by atoms with Crippen molar-refractivity contribution in [1.29, 1.82) is 0 Å². The van der Waals surface area contributed by atoms with Gasteiger partial charge in [-0.15, -0.1) is 4.67 Å². The van der Waals surface area contributed by atoms with Crippen LogP contribution in [0.3, 0.4) is 0 Å². The van der Waals surface area contributed by atoms with E-state index in [0.717, 1.165) is 12.8 Å². The van der Waals surface area contributed by atoms with Crippen LogP contribution in [-0.2, 0) is 18.9 Å². The third-order valence-corrected chi connectivity index (χ3v) is 4.69. The van der Waals surface area contributed by atoms with Gasteiger partial charge in [0.15, 0.2) is 6.29 Å². The summed E-state index contributed by atoms with van der Waals surface area (Å²) < 4.78 is 20.4. The third kappa shape index (κ3) is 25.1. The van der Waals surface area contributed by atoms with Crippen LogP contribution < -0.4 is 0 Å². The summed E-state index contributed by atoms with van der Waals surface area (Å²) in [5.74, 6) is 0.317. The minimum atomic E-state index is -4.64. The summed E-state index contributed by atoms with van der Waals surface area (Å²) in [5.41, 5.74) is 0. The number of rotatable bonds is 20. The van der Waals surface area contributed by atoms with Gasteiger partial charge in [-0.3, -0.25) is 0 Å². The van der Waals surface area contributed by atoms with E-state index in [1.165, 1.54) is 70.6 Å². The average Bonchev–Trinajstić information content (AvgIpc) is 2.59. The zero-order valence-electron chi connectivity index (χ0n) is 17.7. The Morgan fingerprint density at radius 2 is 1.21 bits per heavy atom. The second-order valence-corrected chi connectivity index (χ2v) is 8.98. The van der Waals surface area contributed by atoms with Gasteiger partial charge in [0.1, 0.15) is 0 Å². The van der Waals surface area contributed by atoms with Gasteiger partial charge in [-0.05, 0) is 12.3 Å². The zero-order valence-corrected chi connectivity index (χ0v) is 18.6.